The van der Waals surface area contributed by atoms with Crippen LogP contribution < -0.4 is 4.90 Å². The highest BCUT2D eigenvalue weighted by Gasteiger charge is 2.48. The Hall–Kier alpha value is -2.69. The second-order valence-electron chi connectivity index (χ2n) is 7.12. The molecule has 1 amide bonds. The van der Waals surface area contributed by atoms with Gasteiger partial charge in [0.15, 0.2) is 0 Å². The van der Waals surface area contributed by atoms with Gasteiger partial charge in [0.2, 0.25) is 0 Å². The van der Waals surface area contributed by atoms with Gasteiger partial charge in [-0.15, -0.1) is 0 Å². The first kappa shape index (κ1) is 14.6. The van der Waals surface area contributed by atoms with Gasteiger partial charge in [-0.25, -0.2) is 9.37 Å². The van der Waals surface area contributed by atoms with E-state index in [1.54, 1.807) is 23.4 Å². The number of aromatic nitrogens is 2. The minimum absolute atomic E-state index is 0.103. The van der Waals surface area contributed by atoms with Crippen LogP contribution in [-0.2, 0) is 5.41 Å². The lowest BCUT2D eigenvalue weighted by Gasteiger charge is -2.25. The van der Waals surface area contributed by atoms with Crippen LogP contribution in [0.3, 0.4) is 0 Å². The van der Waals surface area contributed by atoms with Crippen LogP contribution in [0.15, 0.2) is 42.7 Å². The van der Waals surface area contributed by atoms with Crippen molar-refractivity contribution in [2.45, 2.75) is 31.1 Å². The normalized spacial score (nSPS) is 18.2. The highest BCUT2D eigenvalue weighted by atomic mass is 19.1. The zero-order chi connectivity index (χ0) is 17.0. The summed E-state index contributed by atoms with van der Waals surface area (Å²) in [5.74, 6) is -0.291. The molecule has 0 saturated heterocycles. The van der Waals surface area contributed by atoms with E-state index in [0.717, 1.165) is 42.5 Å². The maximum atomic E-state index is 14.7. The highest BCUT2D eigenvalue weighted by molar-refractivity contribution is 6.13. The third-order valence-corrected chi connectivity index (χ3v) is 5.76. The molecule has 5 heteroatoms. The van der Waals surface area contributed by atoms with Crippen molar-refractivity contribution in [2.24, 2.45) is 0 Å². The van der Waals surface area contributed by atoms with E-state index in [0.29, 0.717) is 17.6 Å². The lowest BCUT2D eigenvalue weighted by atomic mass is 9.80. The fourth-order valence-corrected chi connectivity index (χ4v) is 4.65. The minimum atomic E-state index is -0.226. The summed E-state index contributed by atoms with van der Waals surface area (Å²) in [5.41, 5.74) is 3.28. The number of rotatable bonds is 1. The summed E-state index contributed by atoms with van der Waals surface area (Å²) in [7, 11) is 0. The minimum Gasteiger partial charge on any atom is -0.345 e. The lowest BCUT2D eigenvalue weighted by Crippen LogP contribution is -2.35. The average molecular weight is 335 g/mol. The lowest BCUT2D eigenvalue weighted by molar-refractivity contribution is 0.0986. The highest BCUT2D eigenvalue weighted by Crippen LogP contribution is 2.51. The molecule has 1 aromatic heterocycles. The van der Waals surface area contributed by atoms with Crippen molar-refractivity contribution in [1.29, 1.82) is 0 Å². The zero-order valence-electron chi connectivity index (χ0n) is 13.8. The Morgan fingerprint density at radius 3 is 2.80 bits per heavy atom. The molecule has 2 aliphatic rings. The van der Waals surface area contributed by atoms with Gasteiger partial charge in [-0.1, -0.05) is 25.0 Å². The summed E-state index contributed by atoms with van der Waals surface area (Å²) >= 11 is 0. The number of carbonyl (C=O) groups excluding carboxylic acids is 1. The molecule has 126 valence electrons. The van der Waals surface area contributed by atoms with Gasteiger partial charge in [0.1, 0.15) is 11.3 Å². The summed E-state index contributed by atoms with van der Waals surface area (Å²) in [6.07, 6.45) is 5.65. The molecule has 1 N–H and O–H groups in total. The van der Waals surface area contributed by atoms with E-state index in [1.807, 2.05) is 18.2 Å². The summed E-state index contributed by atoms with van der Waals surface area (Å²) in [4.78, 5) is 22.4. The van der Waals surface area contributed by atoms with Crippen molar-refractivity contribution in [3.63, 3.8) is 0 Å². The molecule has 0 unspecified atom stereocenters. The molecule has 3 aromatic rings. The van der Waals surface area contributed by atoms with Gasteiger partial charge >= 0.3 is 0 Å². The quantitative estimate of drug-likeness (QED) is 0.725. The molecule has 0 radical (unpaired) electrons. The summed E-state index contributed by atoms with van der Waals surface area (Å²) in [6, 6.07) is 10.6. The number of benzene rings is 2. The van der Waals surface area contributed by atoms with Gasteiger partial charge in [0, 0.05) is 17.5 Å². The predicted molar refractivity (Wildman–Crippen MR) is 94.3 cm³/mol. The second-order valence-corrected chi connectivity index (χ2v) is 7.12. The molecule has 1 aliphatic heterocycles. The summed E-state index contributed by atoms with van der Waals surface area (Å²) in [5, 5.41) is 0. The predicted octanol–water partition coefficient (Wildman–Crippen LogP) is 4.17. The first-order chi connectivity index (χ1) is 12.2. The zero-order valence-corrected chi connectivity index (χ0v) is 13.8. The van der Waals surface area contributed by atoms with Crippen LogP contribution in [-0.4, -0.2) is 22.4 Å². The SMILES string of the molecule is O=C(c1cccc2[nH]cnc12)N1CC2(CCCC2)c2c(F)cccc21. The van der Waals surface area contributed by atoms with Gasteiger partial charge in [-0.05, 0) is 37.1 Å². The van der Waals surface area contributed by atoms with Crippen LogP contribution in [0.1, 0.15) is 41.6 Å². The number of fused-ring (bicyclic) bond motifs is 3. The van der Waals surface area contributed by atoms with Gasteiger partial charge in [0.05, 0.1) is 23.1 Å². The Labute approximate surface area is 144 Å². The Morgan fingerprint density at radius 1 is 1.16 bits per heavy atom. The smallest absolute Gasteiger partial charge is 0.260 e. The Kier molecular flexibility index (Phi) is 3.02. The van der Waals surface area contributed by atoms with Gasteiger partial charge in [0.25, 0.3) is 5.91 Å². The van der Waals surface area contributed by atoms with E-state index >= 15 is 0 Å². The number of halogens is 1. The molecule has 1 aliphatic carbocycles. The van der Waals surface area contributed by atoms with Crippen molar-refractivity contribution in [3.05, 3.63) is 59.7 Å². The van der Waals surface area contributed by atoms with E-state index in [9.17, 15) is 9.18 Å². The van der Waals surface area contributed by atoms with E-state index < -0.39 is 0 Å². The molecular formula is C20H18FN3O. The summed E-state index contributed by atoms with van der Waals surface area (Å²) < 4.78 is 14.7. The van der Waals surface area contributed by atoms with Crippen LogP contribution >= 0.6 is 0 Å². The third-order valence-electron chi connectivity index (χ3n) is 5.76. The van der Waals surface area contributed by atoms with Crippen molar-refractivity contribution in [1.82, 2.24) is 9.97 Å². The number of nitrogens with zero attached hydrogens (tertiary/aromatic N) is 2. The number of amides is 1. The Morgan fingerprint density at radius 2 is 1.96 bits per heavy atom. The maximum Gasteiger partial charge on any atom is 0.260 e. The van der Waals surface area contributed by atoms with Gasteiger partial charge in [-0.2, -0.15) is 0 Å². The van der Waals surface area contributed by atoms with Crippen molar-refractivity contribution in [2.75, 3.05) is 11.4 Å². The molecule has 1 saturated carbocycles. The number of aromatic amines is 1. The molecule has 1 spiro atoms. The van der Waals surface area contributed by atoms with Crippen LogP contribution in [0.25, 0.3) is 11.0 Å². The van der Waals surface area contributed by atoms with Crippen molar-refractivity contribution in [3.8, 4) is 0 Å². The molecule has 4 nitrogen and oxygen atoms in total. The average Bonchev–Trinajstić information content (AvgIpc) is 3.34. The number of carbonyl (C=O) groups is 1. The standard InChI is InChI=1S/C20H18FN3O/c21-14-6-4-8-16-17(14)20(9-1-2-10-20)11-24(16)19(25)13-5-3-7-15-18(13)23-12-22-15/h3-8,12H,1-2,9-11H2,(H,22,23). The van der Waals surface area contributed by atoms with Crippen LogP contribution in [0.4, 0.5) is 10.1 Å². The number of nitrogens with one attached hydrogen (secondary N) is 1. The maximum absolute atomic E-state index is 14.7. The first-order valence-corrected chi connectivity index (χ1v) is 8.73. The molecular weight excluding hydrogens is 317 g/mol. The number of H-pyrrole nitrogens is 1. The molecule has 0 atom stereocenters. The number of imidazole rings is 1. The molecule has 0 bridgehead atoms. The second kappa shape index (κ2) is 5.15. The van der Waals surface area contributed by atoms with Crippen molar-refractivity contribution >= 4 is 22.6 Å². The fraction of sp³-hybridized carbons (Fsp3) is 0.300. The van der Waals surface area contributed by atoms with E-state index in [4.69, 9.17) is 0 Å². The Balaban J connectivity index is 1.65. The van der Waals surface area contributed by atoms with Crippen LogP contribution in [0, 0.1) is 5.82 Å². The Bertz CT molecular complexity index is 988. The largest absolute Gasteiger partial charge is 0.345 e. The molecule has 2 aromatic carbocycles. The van der Waals surface area contributed by atoms with Crippen molar-refractivity contribution < 1.29 is 9.18 Å². The molecule has 25 heavy (non-hydrogen) atoms. The monoisotopic (exact) mass is 335 g/mol. The van der Waals surface area contributed by atoms with E-state index in [2.05, 4.69) is 9.97 Å². The van der Waals surface area contributed by atoms with Gasteiger partial charge in [-0.3, -0.25) is 4.79 Å². The number of anilines is 1. The molecule has 2 heterocycles. The van der Waals surface area contributed by atoms with E-state index in [-0.39, 0.29) is 17.1 Å². The van der Waals surface area contributed by atoms with Crippen LogP contribution in [0.5, 0.6) is 0 Å². The summed E-state index contributed by atoms with van der Waals surface area (Å²) in [6.45, 7) is 0.558. The first-order valence-electron chi connectivity index (χ1n) is 8.73. The van der Waals surface area contributed by atoms with Gasteiger partial charge < -0.3 is 9.88 Å². The number of para-hydroxylation sites is 1. The molecule has 1 fully saturated rings. The van der Waals surface area contributed by atoms with E-state index in [1.165, 1.54) is 6.07 Å². The fourth-order valence-electron chi connectivity index (χ4n) is 4.65. The number of hydrogen-bond donors (Lipinski definition) is 1. The van der Waals surface area contributed by atoms with Crippen LogP contribution in [0.2, 0.25) is 0 Å². The third kappa shape index (κ3) is 1.98. The number of hydrogen-bond acceptors (Lipinski definition) is 2. The molecule has 5 rings (SSSR count). The topological polar surface area (TPSA) is 49.0 Å².